The summed E-state index contributed by atoms with van der Waals surface area (Å²) in [5.41, 5.74) is 14.3. The monoisotopic (exact) mass is 505 g/mol. The third-order valence-electron chi connectivity index (χ3n) is 6.38. The minimum atomic E-state index is -0.816. The van der Waals surface area contributed by atoms with Crippen LogP contribution in [0.25, 0.3) is 0 Å². The SMILES string of the molecule is Cc1nc(N)ccc1CNC(=O)[C@@H](Cc1ccc(Cl)c(Cl)c1)NC(=O)[C@@H](N)CC1CCCCC1. The normalized spacial score (nSPS) is 16.0. The number of halogens is 2. The van der Waals surface area contributed by atoms with Gasteiger partial charge in [0.15, 0.2) is 0 Å². The molecular formula is C25H33Cl2N5O2. The first kappa shape index (κ1) is 26.3. The first-order chi connectivity index (χ1) is 16.2. The molecule has 0 radical (unpaired) electrons. The number of nitrogens with two attached hydrogens (primary N) is 2. The molecule has 0 spiro atoms. The number of nitrogens with one attached hydrogen (secondary N) is 2. The lowest BCUT2D eigenvalue weighted by atomic mass is 9.85. The zero-order valence-corrected chi connectivity index (χ0v) is 21.0. The summed E-state index contributed by atoms with van der Waals surface area (Å²) in [5, 5.41) is 6.58. The van der Waals surface area contributed by atoms with E-state index >= 15 is 0 Å². The molecule has 6 N–H and O–H groups in total. The van der Waals surface area contributed by atoms with Gasteiger partial charge in [-0.05, 0) is 48.6 Å². The summed E-state index contributed by atoms with van der Waals surface area (Å²) in [7, 11) is 0. The van der Waals surface area contributed by atoms with E-state index < -0.39 is 12.1 Å². The Morgan fingerprint density at radius 3 is 2.50 bits per heavy atom. The molecule has 0 aliphatic heterocycles. The molecule has 1 saturated carbocycles. The van der Waals surface area contributed by atoms with Crippen molar-refractivity contribution < 1.29 is 9.59 Å². The fourth-order valence-electron chi connectivity index (χ4n) is 4.38. The molecule has 0 saturated heterocycles. The molecule has 1 aliphatic rings. The highest BCUT2D eigenvalue weighted by molar-refractivity contribution is 6.42. The molecule has 1 aromatic carbocycles. The molecule has 34 heavy (non-hydrogen) atoms. The predicted octanol–water partition coefficient (Wildman–Crippen LogP) is 3.92. The highest BCUT2D eigenvalue weighted by Crippen LogP contribution is 2.27. The van der Waals surface area contributed by atoms with E-state index in [9.17, 15) is 9.59 Å². The van der Waals surface area contributed by atoms with Gasteiger partial charge in [-0.25, -0.2) is 4.98 Å². The second-order valence-corrected chi connectivity index (χ2v) is 9.87. The summed E-state index contributed by atoms with van der Waals surface area (Å²) in [6.45, 7) is 2.09. The van der Waals surface area contributed by atoms with E-state index in [1.807, 2.05) is 13.0 Å². The number of benzene rings is 1. The Kier molecular flexibility index (Phi) is 9.56. The third kappa shape index (κ3) is 7.58. The van der Waals surface area contributed by atoms with Crippen LogP contribution in [0.15, 0.2) is 30.3 Å². The van der Waals surface area contributed by atoms with Crippen LogP contribution in [0, 0.1) is 12.8 Å². The average molecular weight is 506 g/mol. The minimum Gasteiger partial charge on any atom is -0.384 e. The molecular weight excluding hydrogens is 473 g/mol. The Bertz CT molecular complexity index is 1010. The number of aryl methyl sites for hydroxylation is 1. The maximum absolute atomic E-state index is 13.1. The van der Waals surface area contributed by atoms with Crippen molar-refractivity contribution in [3.8, 4) is 0 Å². The number of carbonyl (C=O) groups is 2. The molecule has 2 amide bonds. The van der Waals surface area contributed by atoms with Gasteiger partial charge in [-0.1, -0.05) is 67.4 Å². The number of anilines is 1. The Morgan fingerprint density at radius 1 is 1.09 bits per heavy atom. The molecule has 3 rings (SSSR count). The van der Waals surface area contributed by atoms with Crippen LogP contribution in [-0.2, 0) is 22.6 Å². The van der Waals surface area contributed by atoms with Gasteiger partial charge in [-0.3, -0.25) is 9.59 Å². The predicted molar refractivity (Wildman–Crippen MR) is 136 cm³/mol. The first-order valence-corrected chi connectivity index (χ1v) is 12.5. The highest BCUT2D eigenvalue weighted by Gasteiger charge is 2.26. The number of nitrogens with zero attached hydrogens (tertiary/aromatic N) is 1. The zero-order chi connectivity index (χ0) is 24.7. The number of aromatic nitrogens is 1. The van der Waals surface area contributed by atoms with E-state index in [1.54, 1.807) is 24.3 Å². The summed E-state index contributed by atoms with van der Waals surface area (Å²) in [6.07, 6.45) is 6.69. The first-order valence-electron chi connectivity index (χ1n) is 11.7. The van der Waals surface area contributed by atoms with E-state index in [-0.39, 0.29) is 24.8 Å². The van der Waals surface area contributed by atoms with Gasteiger partial charge in [-0.2, -0.15) is 0 Å². The number of hydrogen-bond acceptors (Lipinski definition) is 5. The molecule has 2 aromatic rings. The van der Waals surface area contributed by atoms with Gasteiger partial charge >= 0.3 is 0 Å². The summed E-state index contributed by atoms with van der Waals surface area (Å²) < 4.78 is 0. The van der Waals surface area contributed by atoms with Crippen LogP contribution in [0.3, 0.4) is 0 Å². The van der Waals surface area contributed by atoms with Crippen molar-refractivity contribution >= 4 is 40.8 Å². The number of pyridine rings is 1. The van der Waals surface area contributed by atoms with Crippen molar-refractivity contribution in [1.29, 1.82) is 0 Å². The molecule has 1 aromatic heterocycles. The van der Waals surface area contributed by atoms with Gasteiger partial charge < -0.3 is 22.1 Å². The number of rotatable bonds is 9. The molecule has 1 aliphatic carbocycles. The third-order valence-corrected chi connectivity index (χ3v) is 7.11. The van der Waals surface area contributed by atoms with Crippen molar-refractivity contribution in [1.82, 2.24) is 15.6 Å². The van der Waals surface area contributed by atoms with Crippen LogP contribution in [0.2, 0.25) is 10.0 Å². The fraction of sp³-hybridized carbons (Fsp3) is 0.480. The van der Waals surface area contributed by atoms with Crippen LogP contribution >= 0.6 is 23.2 Å². The smallest absolute Gasteiger partial charge is 0.243 e. The molecule has 9 heteroatoms. The number of nitrogen functional groups attached to an aromatic ring is 1. The standard InChI is InChI=1S/C25H33Cl2N5O2/c1-15-18(8-10-23(29)31-15)14-30-25(34)22(13-17-7-9-19(26)20(27)11-17)32-24(33)21(28)12-16-5-3-2-4-6-16/h7-11,16,21-22H,2-6,12-14,28H2,1H3,(H2,29,31)(H,30,34)(H,32,33)/t21-,22+/m0/s1. The van der Waals surface area contributed by atoms with Crippen molar-refractivity contribution in [2.45, 2.75) is 70.5 Å². The largest absolute Gasteiger partial charge is 0.384 e. The van der Waals surface area contributed by atoms with E-state index in [0.717, 1.165) is 29.7 Å². The molecule has 1 heterocycles. The van der Waals surface area contributed by atoms with Gasteiger partial charge in [0.2, 0.25) is 11.8 Å². The maximum Gasteiger partial charge on any atom is 0.243 e. The van der Waals surface area contributed by atoms with Gasteiger partial charge in [0.1, 0.15) is 11.9 Å². The van der Waals surface area contributed by atoms with Crippen molar-refractivity contribution in [3.05, 3.63) is 57.2 Å². The number of carbonyl (C=O) groups excluding carboxylic acids is 2. The summed E-state index contributed by atoms with van der Waals surface area (Å²) in [5.74, 6) is 0.235. The molecule has 7 nitrogen and oxygen atoms in total. The second kappa shape index (κ2) is 12.4. The molecule has 1 fully saturated rings. The minimum absolute atomic E-state index is 0.254. The molecule has 184 valence electrons. The summed E-state index contributed by atoms with van der Waals surface area (Å²) in [6, 6.07) is 7.20. The Morgan fingerprint density at radius 2 is 1.82 bits per heavy atom. The summed E-state index contributed by atoms with van der Waals surface area (Å²) >= 11 is 12.2. The Hall–Kier alpha value is -2.35. The van der Waals surface area contributed by atoms with E-state index in [0.29, 0.717) is 28.2 Å². The Balaban J connectivity index is 1.68. The maximum atomic E-state index is 13.1. The topological polar surface area (TPSA) is 123 Å². The van der Waals surface area contributed by atoms with Gasteiger partial charge in [0, 0.05) is 18.7 Å². The summed E-state index contributed by atoms with van der Waals surface area (Å²) in [4.78, 5) is 30.3. The fourth-order valence-corrected chi connectivity index (χ4v) is 4.70. The second-order valence-electron chi connectivity index (χ2n) is 9.06. The Labute approximate surface area is 211 Å². The molecule has 0 bridgehead atoms. The molecule has 0 unspecified atom stereocenters. The van der Waals surface area contributed by atoms with Crippen LogP contribution in [0.4, 0.5) is 5.82 Å². The number of hydrogen-bond donors (Lipinski definition) is 4. The van der Waals surface area contributed by atoms with Crippen LogP contribution in [0.5, 0.6) is 0 Å². The van der Waals surface area contributed by atoms with Crippen molar-refractivity contribution in [2.24, 2.45) is 11.7 Å². The van der Waals surface area contributed by atoms with Gasteiger partial charge in [0.25, 0.3) is 0 Å². The van der Waals surface area contributed by atoms with Crippen LogP contribution in [0.1, 0.15) is 55.3 Å². The lowest BCUT2D eigenvalue weighted by Gasteiger charge is -2.26. The van der Waals surface area contributed by atoms with Gasteiger partial charge in [-0.15, -0.1) is 0 Å². The zero-order valence-electron chi connectivity index (χ0n) is 19.4. The van der Waals surface area contributed by atoms with E-state index in [1.165, 1.54) is 19.3 Å². The van der Waals surface area contributed by atoms with Crippen LogP contribution in [-0.4, -0.2) is 28.9 Å². The van der Waals surface area contributed by atoms with E-state index in [4.69, 9.17) is 34.7 Å². The van der Waals surface area contributed by atoms with E-state index in [2.05, 4.69) is 15.6 Å². The number of amides is 2. The van der Waals surface area contributed by atoms with Crippen molar-refractivity contribution in [2.75, 3.05) is 5.73 Å². The quantitative estimate of drug-likeness (QED) is 0.411. The average Bonchev–Trinajstić information content (AvgIpc) is 2.80. The van der Waals surface area contributed by atoms with Crippen molar-refractivity contribution in [3.63, 3.8) is 0 Å². The lowest BCUT2D eigenvalue weighted by Crippen LogP contribution is -2.52. The lowest BCUT2D eigenvalue weighted by molar-refractivity contribution is -0.129. The highest BCUT2D eigenvalue weighted by atomic mass is 35.5. The van der Waals surface area contributed by atoms with Crippen LogP contribution < -0.4 is 22.1 Å². The van der Waals surface area contributed by atoms with Gasteiger partial charge in [0.05, 0.1) is 16.1 Å². The molecule has 2 atom stereocenters.